The second-order valence-electron chi connectivity index (χ2n) is 2.55. The first-order chi connectivity index (χ1) is 5.92. The van der Waals surface area contributed by atoms with Crippen molar-refractivity contribution in [2.75, 3.05) is 0 Å². The molecule has 0 atom stereocenters. The van der Waals surface area contributed by atoms with Gasteiger partial charge in [0.15, 0.2) is 0 Å². The second-order valence-corrected chi connectivity index (χ2v) is 2.55. The zero-order chi connectivity index (χ0) is 8.39. The third-order valence-corrected chi connectivity index (χ3v) is 1.85. The molecule has 0 bridgehead atoms. The molecule has 58 valence electrons. The molecule has 0 amide bonds. The van der Waals surface area contributed by atoms with Crippen LogP contribution in [0.2, 0.25) is 0 Å². The quantitative estimate of drug-likeness (QED) is 0.617. The van der Waals surface area contributed by atoms with E-state index in [9.17, 15) is 0 Å². The third-order valence-electron chi connectivity index (χ3n) is 1.85. The van der Waals surface area contributed by atoms with Crippen molar-refractivity contribution < 1.29 is 0 Å². The average molecular weight is 157 g/mol. The lowest BCUT2D eigenvalue weighted by molar-refractivity contribution is 0.909. The normalized spacial score (nSPS) is 12.9. The van der Waals surface area contributed by atoms with Gasteiger partial charge < -0.3 is 5.32 Å². The molecule has 1 aromatic rings. The first-order valence-electron chi connectivity index (χ1n) is 3.70. The average Bonchev–Trinajstić information content (AvgIpc) is 2.17. The summed E-state index contributed by atoms with van der Waals surface area (Å²) in [5.74, 6) is 0. The molecule has 1 aliphatic rings. The summed E-state index contributed by atoms with van der Waals surface area (Å²) in [5.41, 5.74) is 2.59. The lowest BCUT2D eigenvalue weighted by Gasteiger charge is -2.11. The number of hydrogen-bond acceptors (Lipinski definition) is 3. The van der Waals surface area contributed by atoms with Crippen LogP contribution < -0.4 is 5.32 Å². The molecule has 3 nitrogen and oxygen atoms in total. The van der Waals surface area contributed by atoms with Crippen molar-refractivity contribution in [2.45, 2.75) is 6.54 Å². The van der Waals surface area contributed by atoms with Gasteiger partial charge in [-0.2, -0.15) is 5.26 Å². The van der Waals surface area contributed by atoms with Crippen LogP contribution in [0.25, 0.3) is 0 Å². The van der Waals surface area contributed by atoms with Gasteiger partial charge >= 0.3 is 0 Å². The third kappa shape index (κ3) is 0.940. The fourth-order valence-corrected chi connectivity index (χ4v) is 1.25. The van der Waals surface area contributed by atoms with Crippen molar-refractivity contribution in [3.63, 3.8) is 0 Å². The molecule has 0 fully saturated rings. The van der Waals surface area contributed by atoms with Gasteiger partial charge in [0.2, 0.25) is 0 Å². The maximum atomic E-state index is 8.76. The smallest absolute Gasteiger partial charge is 0.0996 e. The SMILES string of the molecule is N#Cc1cccc2c1CNC=N2. The minimum atomic E-state index is 0.697. The van der Waals surface area contributed by atoms with Gasteiger partial charge in [-0.25, -0.2) is 4.99 Å². The summed E-state index contributed by atoms with van der Waals surface area (Å²) in [7, 11) is 0. The first-order valence-corrected chi connectivity index (χ1v) is 3.70. The highest BCUT2D eigenvalue weighted by Gasteiger charge is 2.08. The second kappa shape index (κ2) is 2.67. The molecular weight excluding hydrogens is 150 g/mol. The molecule has 0 radical (unpaired) electrons. The summed E-state index contributed by atoms with van der Waals surface area (Å²) in [5, 5.41) is 11.7. The number of aliphatic imine (C=N–C) groups is 1. The lowest BCUT2D eigenvalue weighted by atomic mass is 10.1. The van der Waals surface area contributed by atoms with E-state index in [4.69, 9.17) is 5.26 Å². The number of nitriles is 1. The van der Waals surface area contributed by atoms with Crippen LogP contribution >= 0.6 is 0 Å². The minimum absolute atomic E-state index is 0.697. The lowest BCUT2D eigenvalue weighted by Crippen LogP contribution is -2.15. The number of hydrogen-bond donors (Lipinski definition) is 1. The maximum Gasteiger partial charge on any atom is 0.0996 e. The molecule has 0 unspecified atom stereocenters. The summed E-state index contributed by atoms with van der Waals surface area (Å²) >= 11 is 0. The zero-order valence-corrected chi connectivity index (χ0v) is 6.41. The van der Waals surface area contributed by atoms with Gasteiger partial charge in [0.25, 0.3) is 0 Å². The molecule has 12 heavy (non-hydrogen) atoms. The van der Waals surface area contributed by atoms with Gasteiger partial charge in [-0.15, -0.1) is 0 Å². The molecule has 1 heterocycles. The van der Waals surface area contributed by atoms with Crippen molar-refractivity contribution in [3.05, 3.63) is 29.3 Å². The molecule has 1 N–H and O–H groups in total. The molecule has 0 aliphatic carbocycles. The predicted octanol–water partition coefficient (Wildman–Crippen LogP) is 1.32. The highest BCUT2D eigenvalue weighted by molar-refractivity contribution is 5.68. The summed E-state index contributed by atoms with van der Waals surface area (Å²) in [6, 6.07) is 7.71. The van der Waals surface area contributed by atoms with Gasteiger partial charge in [0.05, 0.1) is 23.7 Å². The number of fused-ring (bicyclic) bond motifs is 1. The Morgan fingerprint density at radius 1 is 1.50 bits per heavy atom. The van der Waals surface area contributed by atoms with Crippen LogP contribution in [0.15, 0.2) is 23.2 Å². The molecule has 0 spiro atoms. The molecule has 0 aromatic heterocycles. The highest BCUT2D eigenvalue weighted by atomic mass is 15.0. The van der Waals surface area contributed by atoms with Gasteiger partial charge in [0.1, 0.15) is 0 Å². The summed E-state index contributed by atoms with van der Waals surface area (Å²) in [6.07, 6.45) is 1.66. The Balaban J connectivity index is 2.63. The number of nitrogens with one attached hydrogen (secondary N) is 1. The molecule has 1 aromatic carbocycles. The predicted molar refractivity (Wildman–Crippen MR) is 46.1 cm³/mol. The Morgan fingerprint density at radius 3 is 3.25 bits per heavy atom. The van der Waals surface area contributed by atoms with Crippen molar-refractivity contribution >= 4 is 12.0 Å². The van der Waals surface area contributed by atoms with Crippen molar-refractivity contribution in [2.24, 2.45) is 4.99 Å². The van der Waals surface area contributed by atoms with Gasteiger partial charge in [-0.3, -0.25) is 0 Å². The van der Waals surface area contributed by atoms with E-state index in [1.807, 2.05) is 12.1 Å². The summed E-state index contributed by atoms with van der Waals surface area (Å²) in [4.78, 5) is 4.11. The molecule has 0 saturated carbocycles. The Labute approximate surface area is 70.4 Å². The number of benzene rings is 1. The van der Waals surface area contributed by atoms with E-state index in [0.717, 1.165) is 11.3 Å². The van der Waals surface area contributed by atoms with Crippen LogP contribution in [-0.4, -0.2) is 6.34 Å². The van der Waals surface area contributed by atoms with E-state index in [2.05, 4.69) is 16.4 Å². The van der Waals surface area contributed by atoms with E-state index < -0.39 is 0 Å². The maximum absolute atomic E-state index is 8.76. The largest absolute Gasteiger partial charge is 0.372 e. The van der Waals surface area contributed by atoms with Gasteiger partial charge in [0, 0.05) is 12.1 Å². The standard InChI is InChI=1S/C9H7N3/c10-4-7-2-1-3-9-8(7)5-11-6-12-9/h1-3,6H,5H2,(H,11,12). The molecule has 0 saturated heterocycles. The Morgan fingerprint density at radius 2 is 2.42 bits per heavy atom. The van der Waals surface area contributed by atoms with Gasteiger partial charge in [-0.1, -0.05) is 6.07 Å². The van der Waals surface area contributed by atoms with Crippen LogP contribution in [0.1, 0.15) is 11.1 Å². The van der Waals surface area contributed by atoms with Crippen molar-refractivity contribution in [3.8, 4) is 6.07 Å². The van der Waals surface area contributed by atoms with E-state index in [1.165, 1.54) is 0 Å². The molecule has 1 aliphatic heterocycles. The van der Waals surface area contributed by atoms with Crippen LogP contribution in [0.5, 0.6) is 0 Å². The molecular formula is C9H7N3. The molecule has 2 rings (SSSR count). The van der Waals surface area contributed by atoms with Crippen LogP contribution in [-0.2, 0) is 6.54 Å². The monoisotopic (exact) mass is 157 g/mol. The van der Waals surface area contributed by atoms with E-state index in [-0.39, 0.29) is 0 Å². The van der Waals surface area contributed by atoms with E-state index in [0.29, 0.717) is 12.1 Å². The first kappa shape index (κ1) is 6.86. The zero-order valence-electron chi connectivity index (χ0n) is 6.41. The van der Waals surface area contributed by atoms with Crippen LogP contribution in [0.3, 0.4) is 0 Å². The van der Waals surface area contributed by atoms with Crippen molar-refractivity contribution in [1.29, 1.82) is 5.26 Å². The van der Waals surface area contributed by atoms with Crippen LogP contribution in [0, 0.1) is 11.3 Å². The summed E-state index contributed by atoms with van der Waals surface area (Å²) in [6.45, 7) is 0.697. The Bertz CT molecular complexity index is 374. The fourth-order valence-electron chi connectivity index (χ4n) is 1.25. The number of nitrogens with zero attached hydrogens (tertiary/aromatic N) is 2. The highest BCUT2D eigenvalue weighted by Crippen LogP contribution is 2.23. The van der Waals surface area contributed by atoms with Crippen LogP contribution in [0.4, 0.5) is 5.69 Å². The van der Waals surface area contributed by atoms with Crippen molar-refractivity contribution in [1.82, 2.24) is 5.32 Å². The minimum Gasteiger partial charge on any atom is -0.372 e. The number of rotatable bonds is 0. The summed E-state index contributed by atoms with van der Waals surface area (Å²) < 4.78 is 0. The fraction of sp³-hybridized carbons (Fsp3) is 0.111. The Kier molecular flexibility index (Phi) is 1.52. The molecule has 3 heteroatoms. The topological polar surface area (TPSA) is 48.2 Å². The van der Waals surface area contributed by atoms with Gasteiger partial charge in [-0.05, 0) is 12.1 Å². The van der Waals surface area contributed by atoms with E-state index in [1.54, 1.807) is 12.4 Å². The van der Waals surface area contributed by atoms with E-state index >= 15 is 0 Å². The Hall–Kier alpha value is -1.82.